The third-order valence-electron chi connectivity index (χ3n) is 4.54. The van der Waals surface area contributed by atoms with E-state index in [1.165, 1.54) is 30.9 Å². The summed E-state index contributed by atoms with van der Waals surface area (Å²) in [6, 6.07) is 8.37. The van der Waals surface area contributed by atoms with Crippen molar-refractivity contribution < 1.29 is 4.79 Å². The summed E-state index contributed by atoms with van der Waals surface area (Å²) in [5.74, 6) is 0.137. The Balaban J connectivity index is 2.14. The highest BCUT2D eigenvalue weighted by Gasteiger charge is 2.42. The van der Waals surface area contributed by atoms with Gasteiger partial charge in [-0.05, 0) is 25.3 Å². The molecule has 1 aromatic rings. The van der Waals surface area contributed by atoms with Crippen LogP contribution in [0.4, 0.5) is 0 Å². The molecule has 2 aliphatic rings. The first-order valence-electron chi connectivity index (χ1n) is 6.99. The maximum Gasteiger partial charge on any atom is 0.243 e. The number of hydrogen-bond acceptors (Lipinski definition) is 2. The standard InChI is InChI=1S/C16H20N2O/c1-16-9-5-4-8-13(16)11-6-2-3-7-12(11)14(18-16)10-15(17)19/h2-3,6-7,10,13,18H,4-5,8-9H2,1H3,(H2,17,19)/b14-10-/t13-,16+/m1/s1. The molecule has 1 amide bonds. The van der Waals surface area contributed by atoms with Crippen LogP contribution in [0.2, 0.25) is 0 Å². The number of fused-ring (bicyclic) bond motifs is 3. The zero-order chi connectivity index (χ0) is 13.5. The highest BCUT2D eigenvalue weighted by Crippen LogP contribution is 2.47. The van der Waals surface area contributed by atoms with Crippen molar-refractivity contribution in [1.29, 1.82) is 0 Å². The van der Waals surface area contributed by atoms with E-state index in [-0.39, 0.29) is 5.54 Å². The Morgan fingerprint density at radius 2 is 2.21 bits per heavy atom. The fourth-order valence-electron chi connectivity index (χ4n) is 3.66. The number of nitrogens with two attached hydrogens (primary N) is 1. The van der Waals surface area contributed by atoms with Gasteiger partial charge in [0.15, 0.2) is 0 Å². The molecule has 1 aliphatic carbocycles. The largest absolute Gasteiger partial charge is 0.379 e. The lowest BCUT2D eigenvalue weighted by molar-refractivity contribution is -0.113. The molecule has 3 N–H and O–H groups in total. The van der Waals surface area contributed by atoms with E-state index in [4.69, 9.17) is 5.73 Å². The number of carbonyl (C=O) groups is 1. The SMILES string of the molecule is C[C@]12CCCC[C@@H]1c1ccccc1/C(=C/C(N)=O)N2. The molecule has 1 aromatic carbocycles. The Labute approximate surface area is 113 Å². The molecule has 3 nitrogen and oxygen atoms in total. The minimum atomic E-state index is -0.393. The van der Waals surface area contributed by atoms with Crippen LogP contribution in [0.1, 0.15) is 49.7 Å². The van der Waals surface area contributed by atoms with Gasteiger partial charge in [-0.3, -0.25) is 4.79 Å². The van der Waals surface area contributed by atoms with E-state index in [9.17, 15) is 4.79 Å². The Bertz CT molecular complexity index is 549. The fourth-order valence-corrected chi connectivity index (χ4v) is 3.66. The van der Waals surface area contributed by atoms with Crippen molar-refractivity contribution in [2.24, 2.45) is 5.73 Å². The second kappa shape index (κ2) is 4.41. The lowest BCUT2D eigenvalue weighted by atomic mass is 9.67. The minimum absolute atomic E-state index is 0.0495. The molecule has 1 saturated carbocycles. The van der Waals surface area contributed by atoms with Gasteiger partial charge in [-0.1, -0.05) is 37.1 Å². The van der Waals surface area contributed by atoms with E-state index in [0.717, 1.165) is 17.7 Å². The van der Waals surface area contributed by atoms with Crippen LogP contribution in [-0.2, 0) is 4.79 Å². The summed E-state index contributed by atoms with van der Waals surface area (Å²) in [6.45, 7) is 2.27. The van der Waals surface area contributed by atoms with Gasteiger partial charge >= 0.3 is 0 Å². The molecule has 1 aliphatic heterocycles. The molecule has 3 heteroatoms. The van der Waals surface area contributed by atoms with Crippen LogP contribution < -0.4 is 11.1 Å². The Morgan fingerprint density at radius 3 is 3.00 bits per heavy atom. The van der Waals surface area contributed by atoms with Gasteiger partial charge in [0.25, 0.3) is 0 Å². The summed E-state index contributed by atoms with van der Waals surface area (Å²) in [4.78, 5) is 11.2. The normalized spacial score (nSPS) is 31.2. The zero-order valence-corrected chi connectivity index (χ0v) is 11.3. The molecule has 0 spiro atoms. The first kappa shape index (κ1) is 12.3. The number of hydrogen-bond donors (Lipinski definition) is 2. The third-order valence-corrected chi connectivity index (χ3v) is 4.54. The average molecular weight is 256 g/mol. The summed E-state index contributed by atoms with van der Waals surface area (Å²) in [5.41, 5.74) is 8.75. The molecule has 0 radical (unpaired) electrons. The Morgan fingerprint density at radius 1 is 1.42 bits per heavy atom. The van der Waals surface area contributed by atoms with Crippen LogP contribution in [0, 0.1) is 0 Å². The number of primary amides is 1. The first-order chi connectivity index (χ1) is 9.10. The summed E-state index contributed by atoms with van der Waals surface area (Å²) in [5, 5.41) is 3.58. The molecule has 0 bridgehead atoms. The summed E-state index contributed by atoms with van der Waals surface area (Å²) < 4.78 is 0. The monoisotopic (exact) mass is 256 g/mol. The maximum atomic E-state index is 11.2. The van der Waals surface area contributed by atoms with Crippen molar-refractivity contribution in [3.05, 3.63) is 41.5 Å². The topological polar surface area (TPSA) is 55.1 Å². The fraction of sp³-hybridized carbons (Fsp3) is 0.438. The number of amides is 1. The molecule has 100 valence electrons. The predicted octanol–water partition coefficient (Wildman–Crippen LogP) is 2.53. The quantitative estimate of drug-likeness (QED) is 0.759. The summed E-state index contributed by atoms with van der Waals surface area (Å²) >= 11 is 0. The van der Waals surface area contributed by atoms with Crippen LogP contribution in [0.15, 0.2) is 30.3 Å². The highest BCUT2D eigenvalue weighted by molar-refractivity contribution is 5.94. The summed E-state index contributed by atoms with van der Waals surface area (Å²) in [6.07, 6.45) is 6.40. The second-order valence-corrected chi connectivity index (χ2v) is 5.89. The maximum absolute atomic E-state index is 11.2. The molecule has 0 saturated heterocycles. The molecular formula is C16H20N2O. The van der Waals surface area contributed by atoms with Crippen molar-refractivity contribution in [1.82, 2.24) is 5.32 Å². The van der Waals surface area contributed by atoms with E-state index < -0.39 is 5.91 Å². The number of rotatable bonds is 1. The highest BCUT2D eigenvalue weighted by atomic mass is 16.1. The van der Waals surface area contributed by atoms with E-state index in [1.54, 1.807) is 0 Å². The van der Waals surface area contributed by atoms with Gasteiger partial charge in [0.05, 0.1) is 0 Å². The van der Waals surface area contributed by atoms with Gasteiger partial charge < -0.3 is 11.1 Å². The summed E-state index contributed by atoms with van der Waals surface area (Å²) in [7, 11) is 0. The van der Waals surface area contributed by atoms with Crippen molar-refractivity contribution in [3.8, 4) is 0 Å². The van der Waals surface area contributed by atoms with Gasteiger partial charge in [-0.15, -0.1) is 0 Å². The molecule has 0 aromatic heterocycles. The van der Waals surface area contributed by atoms with Crippen molar-refractivity contribution in [3.63, 3.8) is 0 Å². The molecule has 1 fully saturated rings. The second-order valence-electron chi connectivity index (χ2n) is 5.89. The molecular weight excluding hydrogens is 236 g/mol. The molecule has 19 heavy (non-hydrogen) atoms. The van der Waals surface area contributed by atoms with E-state index in [2.05, 4.69) is 30.4 Å². The average Bonchev–Trinajstić information content (AvgIpc) is 2.37. The Kier molecular flexibility index (Phi) is 2.85. The minimum Gasteiger partial charge on any atom is -0.379 e. The predicted molar refractivity (Wildman–Crippen MR) is 76.4 cm³/mol. The van der Waals surface area contributed by atoms with Gasteiger partial charge in [0.1, 0.15) is 0 Å². The van der Waals surface area contributed by atoms with Gasteiger partial charge in [-0.25, -0.2) is 0 Å². The van der Waals surface area contributed by atoms with Crippen LogP contribution in [0.3, 0.4) is 0 Å². The van der Waals surface area contributed by atoms with Crippen LogP contribution in [0.5, 0.6) is 0 Å². The first-order valence-corrected chi connectivity index (χ1v) is 6.99. The van der Waals surface area contributed by atoms with Crippen LogP contribution in [-0.4, -0.2) is 11.4 Å². The van der Waals surface area contributed by atoms with E-state index in [1.807, 2.05) is 6.07 Å². The Hall–Kier alpha value is -1.77. The molecule has 1 heterocycles. The van der Waals surface area contributed by atoms with E-state index >= 15 is 0 Å². The van der Waals surface area contributed by atoms with Crippen molar-refractivity contribution in [2.45, 2.75) is 44.1 Å². The lowest BCUT2D eigenvalue weighted by Gasteiger charge is -2.48. The van der Waals surface area contributed by atoms with Gasteiger partial charge in [0, 0.05) is 28.8 Å². The van der Waals surface area contributed by atoms with Crippen molar-refractivity contribution >= 4 is 11.6 Å². The zero-order valence-electron chi connectivity index (χ0n) is 11.3. The van der Waals surface area contributed by atoms with Crippen molar-refractivity contribution in [2.75, 3.05) is 0 Å². The molecule has 2 atom stereocenters. The van der Waals surface area contributed by atoms with Crippen LogP contribution >= 0.6 is 0 Å². The van der Waals surface area contributed by atoms with Gasteiger partial charge in [-0.2, -0.15) is 0 Å². The van der Waals surface area contributed by atoms with Gasteiger partial charge in [0.2, 0.25) is 5.91 Å². The number of carbonyl (C=O) groups excluding carboxylic acids is 1. The molecule has 0 unspecified atom stereocenters. The lowest BCUT2D eigenvalue weighted by Crippen LogP contribution is -2.51. The van der Waals surface area contributed by atoms with E-state index in [0.29, 0.717) is 5.92 Å². The van der Waals surface area contributed by atoms with Crippen LogP contribution in [0.25, 0.3) is 5.70 Å². The number of nitrogens with one attached hydrogen (secondary N) is 1. The number of benzene rings is 1. The molecule has 3 rings (SSSR count). The smallest absolute Gasteiger partial charge is 0.243 e. The third kappa shape index (κ3) is 2.03.